The van der Waals surface area contributed by atoms with E-state index in [1.807, 2.05) is 0 Å². The van der Waals surface area contributed by atoms with Crippen molar-refractivity contribution in [3.8, 4) is 5.75 Å². The molecule has 0 spiro atoms. The molecule has 0 aliphatic carbocycles. The fourth-order valence-corrected chi connectivity index (χ4v) is 3.86. The van der Waals surface area contributed by atoms with E-state index in [0.717, 1.165) is 11.3 Å². The Hall–Kier alpha value is -3.20. The number of hydrogen-bond donors (Lipinski definition) is 3. The number of thiophene rings is 1. The van der Waals surface area contributed by atoms with Crippen molar-refractivity contribution in [3.05, 3.63) is 51.4 Å². The van der Waals surface area contributed by atoms with Crippen LogP contribution in [0, 0.1) is 6.92 Å². The molecule has 1 atom stereocenters. The molecule has 3 rings (SSSR count). The molecule has 3 aromatic rings. The molecule has 8 nitrogen and oxygen atoms in total. The van der Waals surface area contributed by atoms with Crippen molar-refractivity contribution in [2.75, 3.05) is 5.32 Å². The van der Waals surface area contributed by atoms with Crippen molar-refractivity contribution >= 4 is 39.1 Å². The first-order chi connectivity index (χ1) is 12.8. The van der Waals surface area contributed by atoms with Crippen LogP contribution in [0.4, 0.5) is 5.69 Å². The maximum Gasteiger partial charge on any atom is 0.263 e. The lowest BCUT2D eigenvalue weighted by Crippen LogP contribution is -2.33. The predicted molar refractivity (Wildman–Crippen MR) is 103 cm³/mol. The first-order valence-electron chi connectivity index (χ1n) is 8.23. The van der Waals surface area contributed by atoms with Crippen molar-refractivity contribution < 1.29 is 14.7 Å². The Bertz CT molecular complexity index is 1090. The number of carbonyl (C=O) groups is 2. The molecule has 9 heteroatoms. The van der Waals surface area contributed by atoms with Gasteiger partial charge in [-0.2, -0.15) is 0 Å². The second kappa shape index (κ2) is 7.20. The number of primary amides is 1. The number of benzene rings is 1. The van der Waals surface area contributed by atoms with Crippen LogP contribution in [-0.2, 0) is 4.79 Å². The molecule has 0 bridgehead atoms. The molecule has 0 aliphatic rings. The van der Waals surface area contributed by atoms with Gasteiger partial charge in [0.05, 0.1) is 16.6 Å². The van der Waals surface area contributed by atoms with Gasteiger partial charge in [-0.1, -0.05) is 6.92 Å². The number of carbonyl (C=O) groups excluding carboxylic acids is 2. The van der Waals surface area contributed by atoms with Crippen LogP contribution < -0.4 is 16.6 Å². The van der Waals surface area contributed by atoms with E-state index >= 15 is 0 Å². The molecule has 2 aromatic heterocycles. The summed E-state index contributed by atoms with van der Waals surface area (Å²) in [5.74, 6) is -0.905. The van der Waals surface area contributed by atoms with Crippen LogP contribution in [-0.4, -0.2) is 26.5 Å². The quantitative estimate of drug-likeness (QED) is 0.579. The third kappa shape index (κ3) is 3.41. The first kappa shape index (κ1) is 18.6. The van der Waals surface area contributed by atoms with E-state index in [1.54, 1.807) is 26.0 Å². The van der Waals surface area contributed by atoms with Crippen LogP contribution >= 0.6 is 11.3 Å². The van der Waals surface area contributed by atoms with E-state index in [2.05, 4.69) is 10.3 Å². The normalized spacial score (nSPS) is 12.1. The molecule has 2 amide bonds. The molecule has 140 valence electrons. The van der Waals surface area contributed by atoms with Gasteiger partial charge in [-0.05, 0) is 43.2 Å². The number of nitrogens with zero attached hydrogens (tertiary/aromatic N) is 2. The van der Waals surface area contributed by atoms with Crippen LogP contribution in [0.15, 0.2) is 35.4 Å². The van der Waals surface area contributed by atoms with Crippen LogP contribution in [0.25, 0.3) is 10.2 Å². The predicted octanol–water partition coefficient (Wildman–Crippen LogP) is 2.16. The minimum Gasteiger partial charge on any atom is -0.508 e. The molecule has 0 fully saturated rings. The Labute approximate surface area is 158 Å². The van der Waals surface area contributed by atoms with E-state index in [1.165, 1.54) is 23.0 Å². The van der Waals surface area contributed by atoms with Gasteiger partial charge in [0.2, 0.25) is 5.91 Å². The third-order valence-corrected chi connectivity index (χ3v) is 5.47. The molecule has 0 saturated heterocycles. The van der Waals surface area contributed by atoms with Gasteiger partial charge in [0.25, 0.3) is 11.5 Å². The van der Waals surface area contributed by atoms with Crippen molar-refractivity contribution in [1.82, 2.24) is 9.55 Å². The van der Waals surface area contributed by atoms with E-state index in [4.69, 9.17) is 5.73 Å². The van der Waals surface area contributed by atoms with Gasteiger partial charge in [-0.3, -0.25) is 19.0 Å². The molecule has 1 aromatic carbocycles. The number of nitrogens with one attached hydrogen (secondary N) is 1. The number of phenols is 1. The summed E-state index contributed by atoms with van der Waals surface area (Å²) in [5.41, 5.74) is 5.93. The summed E-state index contributed by atoms with van der Waals surface area (Å²) in [5, 5.41) is 12.4. The van der Waals surface area contributed by atoms with E-state index in [9.17, 15) is 19.5 Å². The van der Waals surface area contributed by atoms with Crippen molar-refractivity contribution in [1.29, 1.82) is 0 Å². The number of anilines is 1. The van der Waals surface area contributed by atoms with Crippen LogP contribution in [0.3, 0.4) is 0 Å². The standard InChI is InChI=1S/C18H18N4O4S/c1-3-12(16(25)21-10-4-6-11(23)7-5-10)22-8-20-17-13(18(22)26)9(2)14(27-17)15(19)24/h4-8,12,23H,3H2,1-2H3,(H2,19,24)(H,21,25). The number of nitrogens with two attached hydrogens (primary N) is 1. The summed E-state index contributed by atoms with van der Waals surface area (Å²) in [4.78, 5) is 42.1. The van der Waals surface area contributed by atoms with Crippen LogP contribution in [0.1, 0.15) is 34.6 Å². The average molecular weight is 386 g/mol. The zero-order chi connectivity index (χ0) is 19.7. The summed E-state index contributed by atoms with van der Waals surface area (Å²) < 4.78 is 1.27. The number of phenolic OH excluding ortho intramolecular Hbond substituents is 1. The van der Waals surface area contributed by atoms with Gasteiger partial charge < -0.3 is 16.2 Å². The number of aromatic nitrogens is 2. The summed E-state index contributed by atoms with van der Waals surface area (Å²) in [6, 6.07) is 5.26. The molecule has 2 heterocycles. The summed E-state index contributed by atoms with van der Waals surface area (Å²) in [7, 11) is 0. The Balaban J connectivity index is 2.00. The highest BCUT2D eigenvalue weighted by atomic mass is 32.1. The van der Waals surface area contributed by atoms with E-state index in [0.29, 0.717) is 27.9 Å². The lowest BCUT2D eigenvalue weighted by molar-refractivity contribution is -0.119. The zero-order valence-corrected chi connectivity index (χ0v) is 15.5. The van der Waals surface area contributed by atoms with Gasteiger partial charge in [0.15, 0.2) is 0 Å². The number of fused-ring (bicyclic) bond motifs is 1. The van der Waals surface area contributed by atoms with E-state index < -0.39 is 17.5 Å². The molecular weight excluding hydrogens is 368 g/mol. The fourth-order valence-electron chi connectivity index (χ4n) is 2.87. The largest absolute Gasteiger partial charge is 0.508 e. The topological polar surface area (TPSA) is 127 Å². The lowest BCUT2D eigenvalue weighted by Gasteiger charge is -2.17. The molecular formula is C18H18N4O4S. The highest BCUT2D eigenvalue weighted by Crippen LogP contribution is 2.27. The minimum absolute atomic E-state index is 0.0871. The third-order valence-electron chi connectivity index (χ3n) is 4.26. The van der Waals surface area contributed by atoms with Crippen molar-refractivity contribution in [3.63, 3.8) is 0 Å². The summed E-state index contributed by atoms with van der Waals surface area (Å²) >= 11 is 1.06. The van der Waals surface area contributed by atoms with Crippen molar-refractivity contribution in [2.45, 2.75) is 26.3 Å². The molecule has 0 aliphatic heterocycles. The minimum atomic E-state index is -0.778. The van der Waals surface area contributed by atoms with Gasteiger partial charge >= 0.3 is 0 Å². The summed E-state index contributed by atoms with van der Waals surface area (Å²) in [6.07, 6.45) is 1.68. The Morgan fingerprint density at radius 1 is 1.33 bits per heavy atom. The molecule has 0 radical (unpaired) electrons. The van der Waals surface area contributed by atoms with Gasteiger partial charge in [-0.15, -0.1) is 11.3 Å². The molecule has 4 N–H and O–H groups in total. The fraction of sp³-hybridized carbons (Fsp3) is 0.222. The highest BCUT2D eigenvalue weighted by molar-refractivity contribution is 7.20. The molecule has 1 unspecified atom stereocenters. The monoisotopic (exact) mass is 386 g/mol. The average Bonchev–Trinajstić information content (AvgIpc) is 2.97. The second-order valence-corrected chi connectivity index (χ2v) is 7.02. The Morgan fingerprint density at radius 2 is 2.00 bits per heavy atom. The van der Waals surface area contributed by atoms with Gasteiger partial charge in [0.1, 0.15) is 16.6 Å². The molecule has 27 heavy (non-hydrogen) atoms. The second-order valence-electron chi connectivity index (χ2n) is 6.02. The van der Waals surface area contributed by atoms with Crippen LogP contribution in [0.5, 0.6) is 5.75 Å². The van der Waals surface area contributed by atoms with Gasteiger partial charge in [0, 0.05) is 5.69 Å². The van der Waals surface area contributed by atoms with Gasteiger partial charge in [-0.25, -0.2) is 4.98 Å². The zero-order valence-electron chi connectivity index (χ0n) is 14.7. The lowest BCUT2D eigenvalue weighted by atomic mass is 10.1. The maximum atomic E-state index is 13.0. The van der Waals surface area contributed by atoms with Crippen LogP contribution in [0.2, 0.25) is 0 Å². The van der Waals surface area contributed by atoms with E-state index in [-0.39, 0.29) is 16.5 Å². The van der Waals surface area contributed by atoms with Crippen molar-refractivity contribution in [2.24, 2.45) is 5.73 Å². The smallest absolute Gasteiger partial charge is 0.263 e. The number of amides is 2. The molecule has 0 saturated carbocycles. The number of aryl methyl sites for hydroxylation is 1. The SMILES string of the molecule is CCC(C(=O)Nc1ccc(O)cc1)n1cnc2sc(C(N)=O)c(C)c2c1=O. The Kier molecular flexibility index (Phi) is 4.95. The summed E-state index contributed by atoms with van der Waals surface area (Å²) in [6.45, 7) is 3.43. The first-order valence-corrected chi connectivity index (χ1v) is 9.05. The number of rotatable bonds is 5. The number of hydrogen-bond acceptors (Lipinski definition) is 6. The highest BCUT2D eigenvalue weighted by Gasteiger charge is 2.24. The number of aromatic hydroxyl groups is 1. The Morgan fingerprint density at radius 3 is 2.59 bits per heavy atom. The maximum absolute atomic E-state index is 13.0.